The normalized spacial score (nSPS) is 10.4. The van der Waals surface area contributed by atoms with E-state index in [1.165, 1.54) is 18.2 Å². The largest absolute Gasteiger partial charge is 0.379 e. The molecule has 0 radical (unpaired) electrons. The Balaban J connectivity index is 2.06. The van der Waals surface area contributed by atoms with Crippen LogP contribution in [0.5, 0.6) is 0 Å². The summed E-state index contributed by atoms with van der Waals surface area (Å²) < 4.78 is 14.0. The highest BCUT2D eigenvalue weighted by Crippen LogP contribution is 2.19. The van der Waals surface area contributed by atoms with Crippen LogP contribution in [0.2, 0.25) is 0 Å². The molecule has 0 atom stereocenters. The summed E-state index contributed by atoms with van der Waals surface area (Å²) in [6.45, 7) is 4.60. The molecule has 4 N–H and O–H groups in total. The van der Waals surface area contributed by atoms with E-state index in [9.17, 15) is 14.0 Å². The first-order chi connectivity index (χ1) is 11.9. The van der Waals surface area contributed by atoms with E-state index >= 15 is 0 Å². The fourth-order valence-corrected chi connectivity index (χ4v) is 2.38. The van der Waals surface area contributed by atoms with Gasteiger partial charge in [0.25, 0.3) is 5.91 Å². The van der Waals surface area contributed by atoms with Crippen molar-refractivity contribution in [1.82, 2.24) is 5.32 Å². The number of hydrogen-bond acceptors (Lipinski definition) is 3. The van der Waals surface area contributed by atoms with Crippen LogP contribution in [0.3, 0.4) is 0 Å². The SMILES string of the molecule is Cc1ccc(C)c(CNc2cc(C(=O)NCCC(N)=O)ccc2F)c1. The number of nitrogens with one attached hydrogen (secondary N) is 2. The zero-order valence-corrected chi connectivity index (χ0v) is 14.4. The monoisotopic (exact) mass is 343 g/mol. The lowest BCUT2D eigenvalue weighted by Crippen LogP contribution is -2.27. The number of carbonyl (C=O) groups is 2. The van der Waals surface area contributed by atoms with E-state index in [0.717, 1.165) is 16.7 Å². The molecule has 0 aliphatic rings. The second-order valence-corrected chi connectivity index (χ2v) is 5.95. The standard InChI is InChI=1S/C19H22FN3O2/c1-12-3-4-13(2)15(9-12)11-23-17-10-14(5-6-16(17)20)19(25)22-8-7-18(21)24/h3-6,9-10,23H,7-8,11H2,1-2H3,(H2,21,24)(H,22,25). The minimum absolute atomic E-state index is 0.0602. The quantitative estimate of drug-likeness (QED) is 0.723. The summed E-state index contributed by atoms with van der Waals surface area (Å²) in [6, 6.07) is 10.2. The van der Waals surface area contributed by atoms with E-state index in [0.29, 0.717) is 12.1 Å². The first kappa shape index (κ1) is 18.4. The summed E-state index contributed by atoms with van der Waals surface area (Å²) in [6.07, 6.45) is 0.0602. The number of hydrogen-bond donors (Lipinski definition) is 3. The first-order valence-corrected chi connectivity index (χ1v) is 8.03. The smallest absolute Gasteiger partial charge is 0.251 e. The molecule has 0 spiro atoms. The van der Waals surface area contributed by atoms with Crippen molar-refractivity contribution in [3.8, 4) is 0 Å². The maximum absolute atomic E-state index is 14.0. The maximum Gasteiger partial charge on any atom is 0.251 e. The molecule has 0 saturated carbocycles. The summed E-state index contributed by atoms with van der Waals surface area (Å²) in [5.41, 5.74) is 8.90. The summed E-state index contributed by atoms with van der Waals surface area (Å²) >= 11 is 0. The Hall–Kier alpha value is -2.89. The van der Waals surface area contributed by atoms with Crippen molar-refractivity contribution in [2.75, 3.05) is 11.9 Å². The molecule has 0 aliphatic carbocycles. The van der Waals surface area contributed by atoms with E-state index in [-0.39, 0.29) is 24.6 Å². The zero-order chi connectivity index (χ0) is 18.4. The van der Waals surface area contributed by atoms with Crippen molar-refractivity contribution in [3.63, 3.8) is 0 Å². The lowest BCUT2D eigenvalue weighted by atomic mass is 10.1. The van der Waals surface area contributed by atoms with Gasteiger partial charge in [-0.05, 0) is 43.2 Å². The third-order valence-electron chi connectivity index (χ3n) is 3.86. The predicted molar refractivity (Wildman–Crippen MR) is 95.8 cm³/mol. The van der Waals surface area contributed by atoms with Crippen LogP contribution in [0, 0.1) is 19.7 Å². The second kappa shape index (κ2) is 8.28. The molecule has 2 aromatic carbocycles. The van der Waals surface area contributed by atoms with E-state index in [1.54, 1.807) is 0 Å². The number of anilines is 1. The first-order valence-electron chi connectivity index (χ1n) is 8.03. The average molecular weight is 343 g/mol. The third kappa shape index (κ3) is 5.31. The van der Waals surface area contributed by atoms with Crippen LogP contribution in [0.4, 0.5) is 10.1 Å². The van der Waals surface area contributed by atoms with Gasteiger partial charge in [0.15, 0.2) is 0 Å². The van der Waals surface area contributed by atoms with Gasteiger partial charge < -0.3 is 16.4 Å². The Kier molecular flexibility index (Phi) is 6.11. The number of rotatable bonds is 7. The van der Waals surface area contributed by atoms with E-state index in [2.05, 4.69) is 10.6 Å². The molecule has 0 aliphatic heterocycles. The van der Waals surface area contributed by atoms with Crippen LogP contribution in [-0.4, -0.2) is 18.4 Å². The van der Waals surface area contributed by atoms with Crippen molar-refractivity contribution in [1.29, 1.82) is 0 Å². The van der Waals surface area contributed by atoms with E-state index < -0.39 is 11.7 Å². The second-order valence-electron chi connectivity index (χ2n) is 5.95. The Labute approximate surface area is 146 Å². The molecule has 6 heteroatoms. The molecule has 25 heavy (non-hydrogen) atoms. The summed E-state index contributed by atoms with van der Waals surface area (Å²) in [7, 11) is 0. The zero-order valence-electron chi connectivity index (χ0n) is 14.4. The predicted octanol–water partition coefficient (Wildman–Crippen LogP) is 2.66. The van der Waals surface area contributed by atoms with Crippen molar-refractivity contribution in [2.24, 2.45) is 5.73 Å². The van der Waals surface area contributed by atoms with Crippen molar-refractivity contribution in [2.45, 2.75) is 26.8 Å². The van der Waals surface area contributed by atoms with Crippen LogP contribution in [0.15, 0.2) is 36.4 Å². The van der Waals surface area contributed by atoms with Gasteiger partial charge >= 0.3 is 0 Å². The molecule has 0 bridgehead atoms. The van der Waals surface area contributed by atoms with Crippen molar-refractivity contribution >= 4 is 17.5 Å². The Morgan fingerprint density at radius 1 is 1.12 bits per heavy atom. The van der Waals surface area contributed by atoms with E-state index in [1.807, 2.05) is 32.0 Å². The van der Waals surface area contributed by atoms with Crippen molar-refractivity contribution in [3.05, 3.63) is 64.5 Å². The van der Waals surface area contributed by atoms with Crippen LogP contribution >= 0.6 is 0 Å². The van der Waals surface area contributed by atoms with Crippen molar-refractivity contribution < 1.29 is 14.0 Å². The Morgan fingerprint density at radius 3 is 2.60 bits per heavy atom. The number of nitrogens with two attached hydrogens (primary N) is 1. The molecule has 0 unspecified atom stereocenters. The highest BCUT2D eigenvalue weighted by atomic mass is 19.1. The summed E-state index contributed by atoms with van der Waals surface area (Å²) in [5, 5.41) is 5.62. The molecule has 132 valence electrons. The Morgan fingerprint density at radius 2 is 1.88 bits per heavy atom. The number of benzene rings is 2. The molecular weight excluding hydrogens is 321 g/mol. The van der Waals surface area contributed by atoms with Gasteiger partial charge in [-0.15, -0.1) is 0 Å². The highest BCUT2D eigenvalue weighted by Gasteiger charge is 2.10. The molecule has 2 rings (SSSR count). The van der Waals surface area contributed by atoms with Crippen LogP contribution < -0.4 is 16.4 Å². The van der Waals surface area contributed by atoms with Gasteiger partial charge in [-0.1, -0.05) is 23.8 Å². The molecule has 0 aromatic heterocycles. The molecule has 5 nitrogen and oxygen atoms in total. The van der Waals surface area contributed by atoms with Crippen LogP contribution in [0.25, 0.3) is 0 Å². The highest BCUT2D eigenvalue weighted by molar-refractivity contribution is 5.95. The number of primary amides is 1. The van der Waals surface area contributed by atoms with Gasteiger partial charge in [-0.3, -0.25) is 9.59 Å². The Bertz CT molecular complexity index is 790. The minimum atomic E-state index is -0.490. The van der Waals surface area contributed by atoms with Gasteiger partial charge in [0.2, 0.25) is 5.91 Å². The molecular formula is C19H22FN3O2. The number of amides is 2. The topological polar surface area (TPSA) is 84.2 Å². The lowest BCUT2D eigenvalue weighted by molar-refractivity contribution is -0.117. The molecule has 2 aromatic rings. The molecule has 0 fully saturated rings. The number of aryl methyl sites for hydroxylation is 2. The van der Waals surface area contributed by atoms with Gasteiger partial charge in [0.1, 0.15) is 5.82 Å². The molecule has 2 amide bonds. The van der Waals surface area contributed by atoms with Gasteiger partial charge in [0.05, 0.1) is 5.69 Å². The molecule has 0 saturated heterocycles. The fourth-order valence-electron chi connectivity index (χ4n) is 2.38. The van der Waals surface area contributed by atoms with E-state index in [4.69, 9.17) is 5.73 Å². The van der Waals surface area contributed by atoms with Gasteiger partial charge in [0, 0.05) is 25.1 Å². The number of carbonyl (C=O) groups excluding carboxylic acids is 2. The third-order valence-corrected chi connectivity index (χ3v) is 3.86. The summed E-state index contributed by atoms with van der Waals surface area (Å²) in [4.78, 5) is 22.7. The van der Waals surface area contributed by atoms with Crippen LogP contribution in [-0.2, 0) is 11.3 Å². The summed E-state index contributed by atoms with van der Waals surface area (Å²) in [5.74, 6) is -1.30. The minimum Gasteiger partial charge on any atom is -0.379 e. The molecule has 0 heterocycles. The fraction of sp³-hybridized carbons (Fsp3) is 0.263. The lowest BCUT2D eigenvalue weighted by Gasteiger charge is -2.12. The van der Waals surface area contributed by atoms with Crippen LogP contribution in [0.1, 0.15) is 33.5 Å². The average Bonchev–Trinajstić information content (AvgIpc) is 2.56. The number of halogens is 1. The van der Waals surface area contributed by atoms with Gasteiger partial charge in [-0.2, -0.15) is 0 Å². The van der Waals surface area contributed by atoms with Gasteiger partial charge in [-0.25, -0.2) is 4.39 Å². The maximum atomic E-state index is 14.0.